The smallest absolute Gasteiger partial charge is 0.264 e. The van der Waals surface area contributed by atoms with Crippen LogP contribution in [0.3, 0.4) is 0 Å². The molecule has 0 saturated carbocycles. The molecule has 1 aliphatic heterocycles. The van der Waals surface area contributed by atoms with Gasteiger partial charge in [0, 0.05) is 43.7 Å². The third kappa shape index (κ3) is 5.96. The van der Waals surface area contributed by atoms with E-state index >= 15 is 0 Å². The van der Waals surface area contributed by atoms with Gasteiger partial charge in [0.15, 0.2) is 20.9 Å². The maximum atomic E-state index is 12.8. The molecule has 1 unspecified atom stereocenters. The Hall–Kier alpha value is -1.91. The van der Waals surface area contributed by atoms with Crippen molar-refractivity contribution in [3.63, 3.8) is 0 Å². The van der Waals surface area contributed by atoms with E-state index in [0.717, 1.165) is 19.1 Å². The highest BCUT2D eigenvalue weighted by atomic mass is 35.5. The van der Waals surface area contributed by atoms with Gasteiger partial charge in [0.05, 0.1) is 10.0 Å². The number of ether oxygens (including phenoxy) is 1. The van der Waals surface area contributed by atoms with Crippen molar-refractivity contribution in [3.05, 3.63) is 56.9 Å². The summed E-state index contributed by atoms with van der Waals surface area (Å²) in [6, 6.07) is 8.19. The SMILES string of the molecule is C[C@@](CCn1ccc(-c2cccc(Cl)c2Cl)cc1=O)(C(=O)NOC1CCCCO1)S(C)(=O)=O. The van der Waals surface area contributed by atoms with E-state index in [-0.39, 0.29) is 18.5 Å². The number of amides is 1. The van der Waals surface area contributed by atoms with Crippen molar-refractivity contribution in [3.8, 4) is 11.1 Å². The number of hydrogen-bond donors (Lipinski definition) is 1. The molecule has 1 fully saturated rings. The molecule has 1 aliphatic rings. The maximum Gasteiger partial charge on any atom is 0.264 e. The first kappa shape index (κ1) is 25.7. The number of carbonyl (C=O) groups excluding carboxylic acids is 1. The first-order valence-corrected chi connectivity index (χ1v) is 13.1. The second-order valence-corrected chi connectivity index (χ2v) is 11.4. The molecule has 1 saturated heterocycles. The number of halogens is 2. The lowest BCUT2D eigenvalue weighted by Gasteiger charge is -2.28. The fourth-order valence-corrected chi connectivity index (χ4v) is 4.67. The molecular weight excluding hydrogens is 491 g/mol. The Kier molecular flexibility index (Phi) is 8.23. The first-order valence-electron chi connectivity index (χ1n) is 10.4. The van der Waals surface area contributed by atoms with Crippen molar-refractivity contribution in [1.29, 1.82) is 0 Å². The van der Waals surface area contributed by atoms with Crippen LogP contribution in [-0.4, -0.2) is 42.8 Å². The molecule has 0 aliphatic carbocycles. The largest absolute Gasteiger partial charge is 0.350 e. The predicted molar refractivity (Wildman–Crippen MR) is 127 cm³/mol. The summed E-state index contributed by atoms with van der Waals surface area (Å²) in [5.74, 6) is -0.811. The summed E-state index contributed by atoms with van der Waals surface area (Å²) in [6.07, 6.45) is 4.17. The highest BCUT2D eigenvalue weighted by molar-refractivity contribution is 7.92. The van der Waals surface area contributed by atoms with Gasteiger partial charge in [0.2, 0.25) is 0 Å². The number of sulfone groups is 1. The molecule has 1 amide bonds. The van der Waals surface area contributed by atoms with E-state index < -0.39 is 26.8 Å². The summed E-state index contributed by atoms with van der Waals surface area (Å²) in [6.45, 7) is 1.83. The van der Waals surface area contributed by atoms with Crippen LogP contribution in [0.4, 0.5) is 0 Å². The van der Waals surface area contributed by atoms with Gasteiger partial charge in [-0.1, -0.05) is 35.3 Å². The molecule has 0 radical (unpaired) electrons. The van der Waals surface area contributed by atoms with Gasteiger partial charge >= 0.3 is 0 Å². The lowest BCUT2D eigenvalue weighted by Crippen LogP contribution is -2.51. The van der Waals surface area contributed by atoms with Crippen LogP contribution in [0, 0.1) is 0 Å². The van der Waals surface area contributed by atoms with E-state index in [2.05, 4.69) is 5.48 Å². The van der Waals surface area contributed by atoms with E-state index in [1.165, 1.54) is 23.8 Å². The molecule has 33 heavy (non-hydrogen) atoms. The molecule has 0 bridgehead atoms. The second kappa shape index (κ2) is 10.6. The number of hydrogen-bond acceptors (Lipinski definition) is 6. The van der Waals surface area contributed by atoms with E-state index in [4.69, 9.17) is 32.8 Å². The molecule has 180 valence electrons. The molecule has 2 heterocycles. The lowest BCUT2D eigenvalue weighted by atomic mass is 10.1. The minimum atomic E-state index is -3.84. The van der Waals surface area contributed by atoms with Crippen LogP contribution in [0.1, 0.15) is 32.6 Å². The summed E-state index contributed by atoms with van der Waals surface area (Å²) in [5.41, 5.74) is 3.05. The van der Waals surface area contributed by atoms with Gasteiger partial charge in [0.25, 0.3) is 11.5 Å². The molecule has 0 spiro atoms. The van der Waals surface area contributed by atoms with Gasteiger partial charge in [-0.3, -0.25) is 9.59 Å². The van der Waals surface area contributed by atoms with Crippen molar-refractivity contribution >= 4 is 38.9 Å². The highest BCUT2D eigenvalue weighted by Gasteiger charge is 2.44. The van der Waals surface area contributed by atoms with Crippen LogP contribution in [0.2, 0.25) is 10.0 Å². The predicted octanol–water partition coefficient (Wildman–Crippen LogP) is 3.59. The highest BCUT2D eigenvalue weighted by Crippen LogP contribution is 2.32. The van der Waals surface area contributed by atoms with Gasteiger partial charge in [0.1, 0.15) is 0 Å². The standard InChI is InChI=1S/C22H26Cl2N2O6S/c1-22(33(2,29)30,21(28)25-32-19-8-3-4-13-31-19)10-12-26-11-9-15(14-18(26)27)16-6-5-7-17(23)20(16)24/h5-7,9,11,14,19H,3-4,8,10,12-13H2,1-2H3,(H,25,28)/t19?,22-/m1/s1. The Bertz CT molecular complexity index is 1180. The van der Waals surface area contributed by atoms with E-state index in [1.807, 2.05) is 0 Å². The Morgan fingerprint density at radius 3 is 2.70 bits per heavy atom. The number of aromatic nitrogens is 1. The van der Waals surface area contributed by atoms with Crippen molar-refractivity contribution in [1.82, 2.24) is 10.0 Å². The van der Waals surface area contributed by atoms with Gasteiger partial charge in [-0.15, -0.1) is 0 Å². The zero-order valence-corrected chi connectivity index (χ0v) is 20.7. The number of rotatable bonds is 8. The molecule has 1 N–H and O–H groups in total. The van der Waals surface area contributed by atoms with Crippen molar-refractivity contribution < 1.29 is 22.8 Å². The van der Waals surface area contributed by atoms with Crippen LogP contribution in [0.25, 0.3) is 11.1 Å². The minimum Gasteiger partial charge on any atom is -0.350 e. The Morgan fingerprint density at radius 1 is 1.30 bits per heavy atom. The number of pyridine rings is 1. The molecule has 1 aromatic carbocycles. The van der Waals surface area contributed by atoms with Crippen LogP contribution in [0.15, 0.2) is 41.3 Å². The molecule has 8 nitrogen and oxygen atoms in total. The van der Waals surface area contributed by atoms with Crippen LogP contribution in [0.5, 0.6) is 0 Å². The normalized spacial score (nSPS) is 18.5. The number of benzene rings is 1. The summed E-state index contributed by atoms with van der Waals surface area (Å²) >= 11 is 12.3. The number of hydroxylamine groups is 1. The zero-order chi connectivity index (χ0) is 24.2. The molecule has 2 atom stereocenters. The Balaban J connectivity index is 1.74. The van der Waals surface area contributed by atoms with E-state index in [9.17, 15) is 18.0 Å². The third-order valence-corrected chi connectivity index (χ3v) is 8.65. The average Bonchev–Trinajstić information content (AvgIpc) is 2.78. The van der Waals surface area contributed by atoms with Crippen LogP contribution in [-0.2, 0) is 30.8 Å². The quantitative estimate of drug-likeness (QED) is 0.537. The number of nitrogens with one attached hydrogen (secondary N) is 1. The number of aryl methyl sites for hydroxylation is 1. The van der Waals surface area contributed by atoms with Crippen molar-refractivity contribution in [2.75, 3.05) is 12.9 Å². The average molecular weight is 517 g/mol. The third-order valence-electron chi connectivity index (χ3n) is 5.81. The van der Waals surface area contributed by atoms with Crippen LogP contribution >= 0.6 is 23.2 Å². The van der Waals surface area contributed by atoms with Crippen molar-refractivity contribution in [2.24, 2.45) is 0 Å². The van der Waals surface area contributed by atoms with Gasteiger partial charge < -0.3 is 9.30 Å². The van der Waals surface area contributed by atoms with Gasteiger partial charge in [-0.2, -0.15) is 0 Å². The molecule has 3 rings (SSSR count). The topological polar surface area (TPSA) is 104 Å². The van der Waals surface area contributed by atoms with E-state index in [1.54, 1.807) is 24.3 Å². The summed E-state index contributed by atoms with van der Waals surface area (Å²) < 4.78 is 29.9. The van der Waals surface area contributed by atoms with E-state index in [0.29, 0.717) is 34.2 Å². The van der Waals surface area contributed by atoms with Gasteiger partial charge in [-0.05, 0) is 43.9 Å². The number of carbonyl (C=O) groups is 1. The zero-order valence-electron chi connectivity index (χ0n) is 18.3. The molecule has 1 aromatic heterocycles. The maximum absolute atomic E-state index is 12.8. The first-order chi connectivity index (χ1) is 15.5. The number of nitrogens with zero attached hydrogens (tertiary/aromatic N) is 1. The van der Waals surface area contributed by atoms with Crippen LogP contribution < -0.4 is 11.0 Å². The summed E-state index contributed by atoms with van der Waals surface area (Å²) in [4.78, 5) is 30.7. The Labute approximate surface area is 202 Å². The molecule has 11 heteroatoms. The fourth-order valence-electron chi connectivity index (χ4n) is 3.42. The minimum absolute atomic E-state index is 0.000685. The monoisotopic (exact) mass is 516 g/mol. The second-order valence-electron chi connectivity index (χ2n) is 8.15. The van der Waals surface area contributed by atoms with Gasteiger partial charge in [-0.25, -0.2) is 18.7 Å². The molecular formula is C22H26Cl2N2O6S. The fraction of sp³-hybridized carbons (Fsp3) is 0.455. The summed E-state index contributed by atoms with van der Waals surface area (Å²) in [5, 5.41) is 0.703. The lowest BCUT2D eigenvalue weighted by molar-refractivity contribution is -0.201. The van der Waals surface area contributed by atoms with Crippen molar-refractivity contribution in [2.45, 2.75) is 50.2 Å². The summed E-state index contributed by atoms with van der Waals surface area (Å²) in [7, 11) is -3.84. The molecule has 2 aromatic rings. The Morgan fingerprint density at radius 2 is 2.06 bits per heavy atom.